The van der Waals surface area contributed by atoms with Gasteiger partial charge in [0.15, 0.2) is 5.11 Å². The molecule has 0 bridgehead atoms. The molecule has 3 rings (SSSR count). The molecule has 0 spiro atoms. The van der Waals surface area contributed by atoms with E-state index in [1.54, 1.807) is 36.4 Å². The molecular weight excluding hydrogens is 424 g/mol. The molecule has 0 aliphatic rings. The fraction of sp³-hybridized carbons (Fsp3) is 0.120. The molecule has 0 aromatic heterocycles. The largest absolute Gasteiger partial charge is 0.490 e. The van der Waals surface area contributed by atoms with Crippen LogP contribution >= 0.6 is 12.2 Å². The molecule has 3 aromatic carbocycles. The lowest BCUT2D eigenvalue weighted by molar-refractivity contribution is 0.0977. The van der Waals surface area contributed by atoms with Gasteiger partial charge in [-0.2, -0.15) is 0 Å². The van der Waals surface area contributed by atoms with Gasteiger partial charge in [-0.15, -0.1) is 0 Å². The number of carbonyl (C=O) groups is 1. The summed E-state index contributed by atoms with van der Waals surface area (Å²) in [4.78, 5) is 12.5. The summed E-state index contributed by atoms with van der Waals surface area (Å²) in [6.45, 7) is 4.81. The zero-order valence-corrected chi connectivity index (χ0v) is 18.3. The normalized spacial score (nSPS) is 10.0. The number of benzene rings is 3. The highest BCUT2D eigenvalue weighted by molar-refractivity contribution is 7.80. The van der Waals surface area contributed by atoms with E-state index in [1.807, 2.05) is 48.5 Å². The number of para-hydroxylation sites is 3. The van der Waals surface area contributed by atoms with Crippen LogP contribution < -0.4 is 24.8 Å². The van der Waals surface area contributed by atoms with E-state index in [0.717, 1.165) is 5.75 Å². The third-order valence-corrected chi connectivity index (χ3v) is 4.40. The first-order chi connectivity index (χ1) is 15.7. The predicted molar refractivity (Wildman–Crippen MR) is 130 cm³/mol. The van der Waals surface area contributed by atoms with Gasteiger partial charge in [0.2, 0.25) is 0 Å². The van der Waals surface area contributed by atoms with Gasteiger partial charge in [0, 0.05) is 5.56 Å². The van der Waals surface area contributed by atoms with Crippen molar-refractivity contribution in [3.05, 3.63) is 97.1 Å². The van der Waals surface area contributed by atoms with Crippen LogP contribution in [0.3, 0.4) is 0 Å². The van der Waals surface area contributed by atoms with Gasteiger partial charge < -0.3 is 19.5 Å². The summed E-state index contributed by atoms with van der Waals surface area (Å²) in [7, 11) is 0. The number of carbonyl (C=O) groups excluding carboxylic acids is 1. The van der Waals surface area contributed by atoms with Gasteiger partial charge in [0.1, 0.15) is 37.1 Å². The Balaban J connectivity index is 1.46. The Morgan fingerprint density at radius 2 is 1.47 bits per heavy atom. The lowest BCUT2D eigenvalue weighted by atomic mass is 10.2. The molecule has 7 heteroatoms. The minimum absolute atomic E-state index is 0.169. The first-order valence-electron chi connectivity index (χ1n) is 10.0. The Labute approximate surface area is 192 Å². The number of amides is 1. The van der Waals surface area contributed by atoms with E-state index in [2.05, 4.69) is 17.2 Å². The van der Waals surface area contributed by atoms with Gasteiger partial charge >= 0.3 is 0 Å². The number of hydrogen-bond acceptors (Lipinski definition) is 5. The molecule has 0 saturated carbocycles. The molecule has 0 fully saturated rings. The van der Waals surface area contributed by atoms with Crippen LogP contribution in [-0.4, -0.2) is 30.8 Å². The summed E-state index contributed by atoms with van der Waals surface area (Å²) >= 11 is 5.26. The molecular formula is C25H24N2O4S. The second-order valence-electron chi connectivity index (χ2n) is 6.54. The molecule has 0 atom stereocenters. The Hall–Kier alpha value is -3.84. The number of hydrogen-bond donors (Lipinski definition) is 2. The lowest BCUT2D eigenvalue weighted by Crippen LogP contribution is -2.34. The number of anilines is 1. The van der Waals surface area contributed by atoms with Crippen molar-refractivity contribution in [1.29, 1.82) is 0 Å². The van der Waals surface area contributed by atoms with E-state index in [9.17, 15) is 4.79 Å². The van der Waals surface area contributed by atoms with E-state index < -0.39 is 0 Å². The topological polar surface area (TPSA) is 68.8 Å². The Morgan fingerprint density at radius 1 is 0.844 bits per heavy atom. The third kappa shape index (κ3) is 7.14. The molecule has 32 heavy (non-hydrogen) atoms. The van der Waals surface area contributed by atoms with Crippen molar-refractivity contribution in [2.24, 2.45) is 0 Å². The van der Waals surface area contributed by atoms with E-state index >= 15 is 0 Å². The molecule has 0 radical (unpaired) electrons. The van der Waals surface area contributed by atoms with Crippen LogP contribution in [0.15, 0.2) is 91.5 Å². The summed E-state index contributed by atoms with van der Waals surface area (Å²) < 4.78 is 16.8. The Bertz CT molecular complexity index is 1040. The standard InChI is InChI=1S/C25H24N2O4S/c1-2-16-31-23-11-7-6-10-22(23)26-25(32)27-24(28)19-12-14-21(15-13-19)30-18-17-29-20-8-4-3-5-9-20/h2-15H,1,16-18H2,(H2,26,27,28,32). The van der Waals surface area contributed by atoms with E-state index in [4.69, 9.17) is 26.4 Å². The maximum absolute atomic E-state index is 12.5. The van der Waals surface area contributed by atoms with E-state index in [-0.39, 0.29) is 11.0 Å². The number of rotatable bonds is 10. The summed E-state index contributed by atoms with van der Waals surface area (Å²) in [6, 6.07) is 23.6. The molecule has 2 N–H and O–H groups in total. The minimum Gasteiger partial charge on any atom is -0.490 e. The maximum atomic E-state index is 12.5. The highest BCUT2D eigenvalue weighted by atomic mass is 32.1. The summed E-state index contributed by atoms with van der Waals surface area (Å²) in [6.07, 6.45) is 1.65. The van der Waals surface area contributed by atoms with Crippen LogP contribution in [0.5, 0.6) is 17.2 Å². The zero-order chi connectivity index (χ0) is 22.6. The van der Waals surface area contributed by atoms with Crippen molar-refractivity contribution in [3.63, 3.8) is 0 Å². The van der Waals surface area contributed by atoms with Gasteiger partial charge in [-0.3, -0.25) is 10.1 Å². The summed E-state index contributed by atoms with van der Waals surface area (Å²) in [5.41, 5.74) is 1.11. The highest BCUT2D eigenvalue weighted by Crippen LogP contribution is 2.23. The molecule has 0 saturated heterocycles. The van der Waals surface area contributed by atoms with Gasteiger partial charge in [-0.25, -0.2) is 0 Å². The number of thiocarbonyl (C=S) groups is 1. The smallest absolute Gasteiger partial charge is 0.257 e. The van der Waals surface area contributed by atoms with Crippen LogP contribution in [0, 0.1) is 0 Å². The van der Waals surface area contributed by atoms with Crippen LogP contribution in [0.2, 0.25) is 0 Å². The molecule has 0 aliphatic carbocycles. The van der Waals surface area contributed by atoms with Crippen LogP contribution in [0.4, 0.5) is 5.69 Å². The lowest BCUT2D eigenvalue weighted by Gasteiger charge is -2.13. The third-order valence-electron chi connectivity index (χ3n) is 4.20. The molecule has 6 nitrogen and oxygen atoms in total. The van der Waals surface area contributed by atoms with Gasteiger partial charge in [-0.05, 0) is 60.7 Å². The number of nitrogens with one attached hydrogen (secondary N) is 2. The predicted octanol–water partition coefficient (Wildman–Crippen LogP) is 4.84. The van der Waals surface area contributed by atoms with Gasteiger partial charge in [0.25, 0.3) is 5.91 Å². The van der Waals surface area contributed by atoms with Crippen LogP contribution in [-0.2, 0) is 0 Å². The van der Waals surface area contributed by atoms with E-state index in [1.165, 1.54) is 0 Å². The van der Waals surface area contributed by atoms with Crippen LogP contribution in [0.25, 0.3) is 0 Å². The minimum atomic E-state index is -0.328. The van der Waals surface area contributed by atoms with E-state index in [0.29, 0.717) is 42.6 Å². The second-order valence-corrected chi connectivity index (χ2v) is 6.95. The summed E-state index contributed by atoms with van der Waals surface area (Å²) in [5, 5.41) is 5.81. The average Bonchev–Trinajstić information content (AvgIpc) is 2.82. The second kappa shape index (κ2) is 12.1. The maximum Gasteiger partial charge on any atom is 0.257 e. The van der Waals surface area contributed by atoms with Crippen molar-refractivity contribution >= 4 is 28.9 Å². The summed E-state index contributed by atoms with van der Waals surface area (Å²) in [5.74, 6) is 1.72. The fourth-order valence-corrected chi connectivity index (χ4v) is 2.91. The van der Waals surface area contributed by atoms with Crippen molar-refractivity contribution in [3.8, 4) is 17.2 Å². The monoisotopic (exact) mass is 448 g/mol. The van der Waals surface area contributed by atoms with Gasteiger partial charge in [0.05, 0.1) is 5.69 Å². The highest BCUT2D eigenvalue weighted by Gasteiger charge is 2.10. The van der Waals surface area contributed by atoms with Gasteiger partial charge in [-0.1, -0.05) is 43.0 Å². The van der Waals surface area contributed by atoms with Crippen molar-refractivity contribution in [2.45, 2.75) is 0 Å². The Morgan fingerprint density at radius 3 is 2.16 bits per heavy atom. The molecule has 1 amide bonds. The molecule has 164 valence electrons. The molecule has 0 unspecified atom stereocenters. The zero-order valence-electron chi connectivity index (χ0n) is 17.5. The quantitative estimate of drug-likeness (QED) is 0.263. The molecule has 3 aromatic rings. The van der Waals surface area contributed by atoms with Crippen LogP contribution in [0.1, 0.15) is 10.4 Å². The Kier molecular flexibility index (Phi) is 8.65. The van der Waals surface area contributed by atoms with Crippen molar-refractivity contribution in [2.75, 3.05) is 25.1 Å². The molecule has 0 aliphatic heterocycles. The number of ether oxygens (including phenoxy) is 3. The average molecular weight is 449 g/mol. The van der Waals surface area contributed by atoms with Crippen molar-refractivity contribution < 1.29 is 19.0 Å². The van der Waals surface area contributed by atoms with Crippen molar-refractivity contribution in [1.82, 2.24) is 5.32 Å². The SMILES string of the molecule is C=CCOc1ccccc1NC(=S)NC(=O)c1ccc(OCCOc2ccccc2)cc1. The first kappa shape index (κ1) is 22.8. The fourth-order valence-electron chi connectivity index (χ4n) is 2.71. The molecule has 0 heterocycles. The first-order valence-corrected chi connectivity index (χ1v) is 10.4.